The molecular weight excluding hydrogens is 346 g/mol. The fourth-order valence-corrected chi connectivity index (χ4v) is 7.70. The molecule has 14 heavy (non-hydrogen) atoms. The van der Waals surface area contributed by atoms with Crippen LogP contribution >= 0.6 is 36.3 Å². The van der Waals surface area contributed by atoms with E-state index in [1.807, 2.05) is 6.07 Å². The van der Waals surface area contributed by atoms with Crippen molar-refractivity contribution in [1.82, 2.24) is 0 Å². The maximum Gasteiger partial charge on any atom is 0.132 e. The van der Waals surface area contributed by atoms with Crippen LogP contribution in [-0.2, 0) is 0 Å². The van der Waals surface area contributed by atoms with Crippen LogP contribution in [0.3, 0.4) is 0 Å². The van der Waals surface area contributed by atoms with E-state index in [9.17, 15) is 4.39 Å². The summed E-state index contributed by atoms with van der Waals surface area (Å²) >= 11 is 6.88. The molecule has 0 radical (unpaired) electrons. The quantitative estimate of drug-likeness (QED) is 0.552. The maximum absolute atomic E-state index is 13.6. The minimum absolute atomic E-state index is 0.107. The summed E-state index contributed by atoms with van der Waals surface area (Å²) in [4.78, 5) is 0. The normalized spacial score (nSPS) is 12.2. The highest BCUT2D eigenvalue weighted by atomic mass is 79.9. The zero-order valence-electron chi connectivity index (χ0n) is 8.31. The van der Waals surface area contributed by atoms with Gasteiger partial charge in [0.25, 0.3) is 0 Å². The first-order valence-electron chi connectivity index (χ1n) is 4.24. The van der Waals surface area contributed by atoms with Crippen LogP contribution in [0, 0.1) is 5.82 Å². The summed E-state index contributed by atoms with van der Waals surface area (Å²) < 4.78 is 13.6. The molecule has 0 aromatic heterocycles. The number of hydrogen-bond donors (Lipinski definition) is 0. The van der Waals surface area contributed by atoms with Gasteiger partial charge >= 0.3 is 0 Å². The van der Waals surface area contributed by atoms with Gasteiger partial charge in [0.15, 0.2) is 0 Å². The minimum Gasteiger partial charge on any atom is -0.206 e. The van der Waals surface area contributed by atoms with Crippen molar-refractivity contribution in [2.45, 2.75) is 19.6 Å². The van der Waals surface area contributed by atoms with Crippen LogP contribution in [0.2, 0.25) is 19.6 Å². The molecule has 1 rings (SSSR count). The molecule has 0 heterocycles. The zero-order chi connectivity index (χ0) is 10.9. The van der Waals surface area contributed by atoms with Gasteiger partial charge in [0.1, 0.15) is 5.82 Å². The molecule has 0 spiro atoms. The van der Waals surface area contributed by atoms with Crippen LogP contribution in [0.1, 0.15) is 0 Å². The highest BCUT2D eigenvalue weighted by Crippen LogP contribution is 2.51. The summed E-state index contributed by atoms with van der Waals surface area (Å²) in [5.74, 6) is -0.107. The van der Waals surface area contributed by atoms with Gasteiger partial charge in [-0.25, -0.2) is 4.39 Å². The molecule has 0 aliphatic rings. The second-order valence-electron chi connectivity index (χ2n) is 4.12. The van der Waals surface area contributed by atoms with Gasteiger partial charge in [-0.1, -0.05) is 31.8 Å². The van der Waals surface area contributed by atoms with Gasteiger partial charge in [0.05, 0.1) is 13.4 Å². The first kappa shape index (κ1) is 12.8. The molecule has 1 aromatic carbocycles. The van der Waals surface area contributed by atoms with Crippen LogP contribution in [0.25, 0.3) is 0 Å². The molecule has 0 saturated heterocycles. The number of halogens is 3. The summed E-state index contributed by atoms with van der Waals surface area (Å²) in [6.07, 6.45) is 0. The molecule has 1 aromatic rings. The Morgan fingerprint density at radius 3 is 2.14 bits per heavy atom. The fraction of sp³-hybridized carbons (Fsp3) is 0.333. The number of benzene rings is 1. The highest BCUT2D eigenvalue weighted by Gasteiger charge is 2.24. The third-order valence-corrected chi connectivity index (χ3v) is 7.13. The van der Waals surface area contributed by atoms with Gasteiger partial charge in [-0.15, -0.1) is 0 Å². The molecule has 0 saturated carbocycles. The lowest BCUT2D eigenvalue weighted by Crippen LogP contribution is -2.46. The second kappa shape index (κ2) is 4.73. The van der Waals surface area contributed by atoms with Crippen molar-refractivity contribution < 1.29 is 4.39 Å². The van der Waals surface area contributed by atoms with Gasteiger partial charge < -0.3 is 0 Å². The minimum atomic E-state index is -1.46. The molecule has 0 aliphatic carbocycles. The van der Waals surface area contributed by atoms with Crippen LogP contribution in [0.4, 0.5) is 4.39 Å². The molecule has 78 valence electrons. The van der Waals surface area contributed by atoms with Gasteiger partial charge in [-0.3, -0.25) is 0 Å². The van der Waals surface area contributed by atoms with Gasteiger partial charge in [0.2, 0.25) is 0 Å². The largest absolute Gasteiger partial charge is 0.206 e. The van der Waals surface area contributed by atoms with Crippen LogP contribution < -0.4 is 10.5 Å². The Morgan fingerprint density at radius 2 is 1.79 bits per heavy atom. The van der Waals surface area contributed by atoms with E-state index >= 15 is 0 Å². The van der Waals surface area contributed by atoms with Crippen LogP contribution in [0.15, 0.2) is 18.2 Å². The summed E-state index contributed by atoms with van der Waals surface area (Å²) in [5, 5.41) is 1.30. The van der Waals surface area contributed by atoms with Crippen molar-refractivity contribution in [3.8, 4) is 0 Å². The van der Waals surface area contributed by atoms with Crippen molar-refractivity contribution in [3.63, 3.8) is 0 Å². The molecule has 0 atom stereocenters. The Balaban J connectivity index is 3.36. The van der Waals surface area contributed by atoms with E-state index in [0.717, 1.165) is 5.30 Å². The summed E-state index contributed by atoms with van der Waals surface area (Å²) in [6, 6.07) is 5.37. The Bertz CT molecular complexity index is 336. The highest BCUT2D eigenvalue weighted by molar-refractivity contribution is 9.70. The Labute approximate surface area is 103 Å². The maximum atomic E-state index is 13.6. The molecule has 0 amide bonds. The van der Waals surface area contributed by atoms with E-state index in [-0.39, 0.29) is 5.82 Å². The van der Waals surface area contributed by atoms with E-state index in [0.29, 0.717) is 0 Å². The molecule has 0 aliphatic heterocycles. The molecule has 0 bridgehead atoms. The van der Waals surface area contributed by atoms with E-state index in [2.05, 4.69) is 50.6 Å². The van der Waals surface area contributed by atoms with Crippen LogP contribution in [-0.4, -0.2) is 8.07 Å². The lowest BCUT2D eigenvalue weighted by Gasteiger charge is -2.21. The lowest BCUT2D eigenvalue weighted by molar-refractivity contribution is 0.637. The van der Waals surface area contributed by atoms with Crippen molar-refractivity contribution in [1.29, 1.82) is 0 Å². The van der Waals surface area contributed by atoms with Crippen molar-refractivity contribution in [2.24, 2.45) is 0 Å². The average molecular weight is 358 g/mol. The first-order chi connectivity index (χ1) is 6.34. The van der Waals surface area contributed by atoms with Gasteiger partial charge in [0, 0.05) is 5.30 Å². The topological polar surface area (TPSA) is 0 Å². The van der Waals surface area contributed by atoms with Crippen molar-refractivity contribution in [2.75, 3.05) is 0 Å². The monoisotopic (exact) mass is 356 g/mol. The first-order valence-corrected chi connectivity index (χ1v) is 13.1. The van der Waals surface area contributed by atoms with Gasteiger partial charge in [-0.2, -0.15) is 0 Å². The Morgan fingerprint density at radius 1 is 1.21 bits per heavy atom. The summed E-state index contributed by atoms with van der Waals surface area (Å²) in [7, 11) is -1.46. The second-order valence-corrected chi connectivity index (χ2v) is 17.2. The lowest BCUT2D eigenvalue weighted by atomic mass is 10.3. The van der Waals surface area contributed by atoms with E-state index in [1.165, 1.54) is 11.3 Å². The molecular formula is C9H12Br2FPSi. The average Bonchev–Trinajstić information content (AvgIpc) is 2.01. The third-order valence-electron chi connectivity index (χ3n) is 1.96. The smallest absolute Gasteiger partial charge is 0.132 e. The van der Waals surface area contributed by atoms with E-state index in [4.69, 9.17) is 0 Å². The Kier molecular flexibility index (Phi) is 4.33. The fourth-order valence-electron chi connectivity index (χ4n) is 1.29. The molecule has 0 N–H and O–H groups in total. The summed E-state index contributed by atoms with van der Waals surface area (Å²) in [5.41, 5.74) is 0. The van der Waals surface area contributed by atoms with Crippen molar-refractivity contribution in [3.05, 3.63) is 24.0 Å². The third kappa shape index (κ3) is 2.88. The zero-order valence-corrected chi connectivity index (χ0v) is 13.4. The molecule has 0 unspecified atom stereocenters. The van der Waals surface area contributed by atoms with E-state index in [1.54, 1.807) is 6.07 Å². The number of hydrogen-bond acceptors (Lipinski definition) is 0. The number of rotatable bonds is 2. The van der Waals surface area contributed by atoms with Crippen LogP contribution in [0.5, 0.6) is 0 Å². The van der Waals surface area contributed by atoms with Crippen molar-refractivity contribution >= 4 is 54.9 Å². The SMILES string of the molecule is C[Si](C)(C)c1cccc(F)c1P(Br)Br. The summed E-state index contributed by atoms with van der Waals surface area (Å²) in [6.45, 7) is 6.68. The van der Waals surface area contributed by atoms with E-state index < -0.39 is 13.4 Å². The van der Waals surface area contributed by atoms with Gasteiger partial charge in [-0.05, 0) is 42.2 Å². The standard InChI is InChI=1S/C9H12Br2FPSi/c1-14(2,3)8-6-4-5-7(12)9(8)13(10)11/h4-6H,1-3H3. The molecule has 0 fully saturated rings. The predicted molar refractivity (Wildman–Crippen MR) is 73.8 cm³/mol. The molecule has 5 heteroatoms. The Hall–Kier alpha value is 0.757. The molecule has 0 nitrogen and oxygen atoms in total. The predicted octanol–water partition coefficient (Wildman–Crippen LogP) is 4.10.